The van der Waals surface area contributed by atoms with Crippen molar-refractivity contribution in [3.05, 3.63) is 22.4 Å². The van der Waals surface area contributed by atoms with Gasteiger partial charge >= 0.3 is 0 Å². The first kappa shape index (κ1) is 9.92. The van der Waals surface area contributed by atoms with Crippen LogP contribution in [0.2, 0.25) is 0 Å². The molecule has 0 saturated carbocycles. The number of rotatable bonds is 4. The highest BCUT2D eigenvalue weighted by molar-refractivity contribution is 7.08. The normalized spacial score (nSPS) is 9.62. The van der Waals surface area contributed by atoms with Gasteiger partial charge in [-0.05, 0) is 18.4 Å². The molecule has 0 aliphatic carbocycles. The summed E-state index contributed by atoms with van der Waals surface area (Å²) in [4.78, 5) is 22.4. The summed E-state index contributed by atoms with van der Waals surface area (Å²) in [6.07, 6.45) is -0.0510. The van der Waals surface area contributed by atoms with Gasteiger partial charge in [-0.3, -0.25) is 9.59 Å². The van der Waals surface area contributed by atoms with E-state index in [1.165, 1.54) is 11.3 Å². The average molecular weight is 197 g/mol. The Morgan fingerprint density at radius 1 is 1.54 bits per heavy atom. The van der Waals surface area contributed by atoms with Crippen molar-refractivity contribution in [2.45, 2.75) is 13.3 Å². The summed E-state index contributed by atoms with van der Waals surface area (Å²) in [5.41, 5.74) is 0.622. The summed E-state index contributed by atoms with van der Waals surface area (Å²) in [6.45, 7) is 2.39. The third kappa shape index (κ3) is 2.99. The van der Waals surface area contributed by atoms with E-state index in [9.17, 15) is 9.59 Å². The molecule has 0 aliphatic heterocycles. The van der Waals surface area contributed by atoms with Crippen molar-refractivity contribution in [3.8, 4) is 0 Å². The molecule has 1 aromatic rings. The van der Waals surface area contributed by atoms with Crippen LogP contribution in [0.5, 0.6) is 0 Å². The first-order chi connectivity index (χ1) is 6.24. The lowest BCUT2D eigenvalue weighted by Gasteiger charge is -1.99. The van der Waals surface area contributed by atoms with Crippen molar-refractivity contribution >= 4 is 23.0 Å². The van der Waals surface area contributed by atoms with E-state index in [0.29, 0.717) is 12.1 Å². The number of carbonyl (C=O) groups is 2. The molecule has 0 aromatic carbocycles. The van der Waals surface area contributed by atoms with Gasteiger partial charge in [0.2, 0.25) is 5.91 Å². The molecule has 4 heteroatoms. The second-order valence-corrected chi connectivity index (χ2v) is 3.35. The fourth-order valence-corrected chi connectivity index (χ4v) is 1.59. The number of Topliss-reactive ketones (excluding diaryl/α,β-unsaturated/α-hetero) is 1. The molecule has 1 N–H and O–H groups in total. The average Bonchev–Trinajstić information content (AvgIpc) is 2.55. The molecule has 0 spiro atoms. The minimum atomic E-state index is -0.210. The predicted octanol–water partition coefficient (Wildman–Crippen LogP) is 1.46. The molecule has 0 atom stereocenters. The lowest BCUT2D eigenvalue weighted by atomic mass is 10.1. The molecule has 0 bridgehead atoms. The maximum Gasteiger partial charge on any atom is 0.227 e. The Morgan fingerprint density at radius 3 is 2.85 bits per heavy atom. The van der Waals surface area contributed by atoms with Crippen LogP contribution < -0.4 is 5.32 Å². The summed E-state index contributed by atoms with van der Waals surface area (Å²) < 4.78 is 0. The van der Waals surface area contributed by atoms with Crippen LogP contribution in [0.25, 0.3) is 0 Å². The number of nitrogens with one attached hydrogen (secondary N) is 1. The molecular formula is C9H11NO2S. The first-order valence-corrected chi connectivity index (χ1v) is 5.00. The van der Waals surface area contributed by atoms with E-state index < -0.39 is 0 Å². The van der Waals surface area contributed by atoms with Crippen molar-refractivity contribution in [2.75, 3.05) is 6.54 Å². The fraction of sp³-hybridized carbons (Fsp3) is 0.333. The Morgan fingerprint density at radius 2 is 2.31 bits per heavy atom. The number of thiophene rings is 1. The largest absolute Gasteiger partial charge is 0.356 e. The van der Waals surface area contributed by atoms with Crippen molar-refractivity contribution in [3.63, 3.8) is 0 Å². The maximum absolute atomic E-state index is 11.3. The minimum absolute atomic E-state index is 0.0510. The molecule has 3 nitrogen and oxygen atoms in total. The fourth-order valence-electron chi connectivity index (χ4n) is 0.931. The second-order valence-electron chi connectivity index (χ2n) is 2.57. The molecule has 0 aliphatic rings. The van der Waals surface area contributed by atoms with Crippen LogP contribution in [0.3, 0.4) is 0 Å². The second kappa shape index (κ2) is 4.77. The standard InChI is InChI=1S/C9H11NO2S/c1-2-10-9(12)5-8(11)7-3-4-13-6-7/h3-4,6H,2,5H2,1H3,(H,10,12). The lowest BCUT2D eigenvalue weighted by molar-refractivity contribution is -0.120. The van der Waals surface area contributed by atoms with Gasteiger partial charge in [-0.15, -0.1) is 0 Å². The molecule has 1 rings (SSSR count). The molecule has 1 aromatic heterocycles. The van der Waals surface area contributed by atoms with E-state index in [0.717, 1.165) is 0 Å². The van der Waals surface area contributed by atoms with E-state index in [2.05, 4.69) is 5.32 Å². The van der Waals surface area contributed by atoms with Gasteiger partial charge in [0.05, 0.1) is 6.42 Å². The molecule has 1 heterocycles. The van der Waals surface area contributed by atoms with Crippen LogP contribution >= 0.6 is 11.3 Å². The zero-order valence-corrected chi connectivity index (χ0v) is 8.19. The smallest absolute Gasteiger partial charge is 0.227 e. The van der Waals surface area contributed by atoms with Gasteiger partial charge in [0, 0.05) is 17.5 Å². The van der Waals surface area contributed by atoms with Gasteiger partial charge in [-0.1, -0.05) is 0 Å². The Hall–Kier alpha value is -1.16. The summed E-state index contributed by atoms with van der Waals surface area (Å²) in [5, 5.41) is 6.16. The summed E-state index contributed by atoms with van der Waals surface area (Å²) >= 11 is 1.46. The zero-order chi connectivity index (χ0) is 9.68. The van der Waals surface area contributed by atoms with Gasteiger partial charge < -0.3 is 5.32 Å². The molecule has 0 radical (unpaired) electrons. The first-order valence-electron chi connectivity index (χ1n) is 4.06. The van der Waals surface area contributed by atoms with Crippen molar-refractivity contribution in [2.24, 2.45) is 0 Å². The zero-order valence-electron chi connectivity index (χ0n) is 7.37. The van der Waals surface area contributed by atoms with E-state index in [4.69, 9.17) is 0 Å². The number of amides is 1. The highest BCUT2D eigenvalue weighted by Gasteiger charge is 2.10. The van der Waals surface area contributed by atoms with E-state index in [-0.39, 0.29) is 18.1 Å². The SMILES string of the molecule is CCNC(=O)CC(=O)c1ccsc1. The number of ketones is 1. The van der Waals surface area contributed by atoms with E-state index in [1.54, 1.807) is 11.4 Å². The van der Waals surface area contributed by atoms with Crippen molar-refractivity contribution in [1.29, 1.82) is 0 Å². The van der Waals surface area contributed by atoms with Crippen molar-refractivity contribution < 1.29 is 9.59 Å². The van der Waals surface area contributed by atoms with Crippen LogP contribution in [-0.2, 0) is 4.79 Å². The van der Waals surface area contributed by atoms with Gasteiger partial charge in [0.15, 0.2) is 5.78 Å². The third-order valence-electron chi connectivity index (χ3n) is 1.54. The maximum atomic E-state index is 11.3. The van der Waals surface area contributed by atoms with Crippen molar-refractivity contribution in [1.82, 2.24) is 5.32 Å². The molecule has 1 amide bonds. The summed E-state index contributed by atoms with van der Waals surface area (Å²) in [7, 11) is 0. The Balaban J connectivity index is 2.47. The van der Waals surface area contributed by atoms with Crippen LogP contribution in [0.1, 0.15) is 23.7 Å². The van der Waals surface area contributed by atoms with Crippen LogP contribution in [0, 0.1) is 0 Å². The Labute approximate surface area is 80.8 Å². The minimum Gasteiger partial charge on any atom is -0.356 e. The molecule has 0 unspecified atom stereocenters. The van der Waals surface area contributed by atoms with E-state index >= 15 is 0 Å². The number of hydrogen-bond donors (Lipinski definition) is 1. The predicted molar refractivity (Wildman–Crippen MR) is 52.0 cm³/mol. The highest BCUT2D eigenvalue weighted by atomic mass is 32.1. The van der Waals surface area contributed by atoms with Gasteiger partial charge in [0.25, 0.3) is 0 Å². The quantitative estimate of drug-likeness (QED) is 0.586. The van der Waals surface area contributed by atoms with Gasteiger partial charge in [0.1, 0.15) is 0 Å². The number of hydrogen-bond acceptors (Lipinski definition) is 3. The Kier molecular flexibility index (Phi) is 3.64. The molecule has 70 valence electrons. The van der Waals surface area contributed by atoms with Gasteiger partial charge in [-0.25, -0.2) is 0 Å². The molecule has 0 fully saturated rings. The molecular weight excluding hydrogens is 186 g/mol. The van der Waals surface area contributed by atoms with Crippen LogP contribution in [-0.4, -0.2) is 18.2 Å². The lowest BCUT2D eigenvalue weighted by Crippen LogP contribution is -2.25. The topological polar surface area (TPSA) is 46.2 Å². The van der Waals surface area contributed by atoms with Gasteiger partial charge in [-0.2, -0.15) is 11.3 Å². The number of carbonyl (C=O) groups excluding carboxylic acids is 2. The summed E-state index contributed by atoms with van der Waals surface area (Å²) in [6, 6.07) is 1.73. The van der Waals surface area contributed by atoms with Crippen LogP contribution in [0.15, 0.2) is 16.8 Å². The molecule has 0 saturated heterocycles. The molecule has 13 heavy (non-hydrogen) atoms. The van der Waals surface area contributed by atoms with E-state index in [1.807, 2.05) is 12.3 Å². The Bertz CT molecular complexity index is 293. The third-order valence-corrected chi connectivity index (χ3v) is 2.22. The highest BCUT2D eigenvalue weighted by Crippen LogP contribution is 2.08. The van der Waals surface area contributed by atoms with Crippen LogP contribution in [0.4, 0.5) is 0 Å². The monoisotopic (exact) mass is 197 g/mol. The summed E-state index contributed by atoms with van der Waals surface area (Å²) in [5.74, 6) is -0.328.